The third-order valence-corrected chi connectivity index (χ3v) is 4.90. The number of rotatable bonds is 6. The van der Waals surface area contributed by atoms with Gasteiger partial charge in [-0.15, -0.1) is 6.58 Å². The number of ether oxygens (including phenoxy) is 2. The molecule has 4 atom stereocenters. The highest BCUT2D eigenvalue weighted by molar-refractivity contribution is 4.90. The lowest BCUT2D eigenvalue weighted by Gasteiger charge is -2.35. The summed E-state index contributed by atoms with van der Waals surface area (Å²) >= 11 is 0. The zero-order chi connectivity index (χ0) is 15.2. The van der Waals surface area contributed by atoms with Crippen molar-refractivity contribution in [1.29, 1.82) is 0 Å². The van der Waals surface area contributed by atoms with Gasteiger partial charge in [0.15, 0.2) is 12.3 Å². The molecule has 2 nitrogen and oxygen atoms in total. The van der Waals surface area contributed by atoms with Crippen LogP contribution in [-0.4, -0.2) is 37.8 Å². The van der Waals surface area contributed by atoms with Gasteiger partial charge in [-0.1, -0.05) is 6.08 Å². The first-order valence-electron chi connectivity index (χ1n) is 8.29. The molecule has 4 heteroatoms. The van der Waals surface area contributed by atoms with Gasteiger partial charge in [0, 0.05) is 13.2 Å². The van der Waals surface area contributed by atoms with Crippen LogP contribution in [0.25, 0.3) is 0 Å². The van der Waals surface area contributed by atoms with Gasteiger partial charge in [-0.3, -0.25) is 0 Å². The van der Waals surface area contributed by atoms with E-state index in [1.54, 1.807) is 0 Å². The van der Waals surface area contributed by atoms with Gasteiger partial charge < -0.3 is 9.47 Å². The van der Waals surface area contributed by atoms with Crippen molar-refractivity contribution in [3.8, 4) is 0 Å². The van der Waals surface area contributed by atoms with E-state index in [0.717, 1.165) is 25.7 Å². The smallest absolute Gasteiger partial charge is 0.160 e. The molecule has 0 aromatic heterocycles. The largest absolute Gasteiger partial charge is 0.375 e. The zero-order valence-corrected chi connectivity index (χ0v) is 13.0. The minimum Gasteiger partial charge on any atom is -0.375 e. The number of hydrogen-bond donors (Lipinski definition) is 0. The van der Waals surface area contributed by atoms with Crippen LogP contribution < -0.4 is 0 Å². The number of hydrogen-bond acceptors (Lipinski definition) is 2. The highest BCUT2D eigenvalue weighted by atomic mass is 19.2. The standard InChI is InChI=1S/C17H28F2O2/c1-3-12-5-7-13(8-6-12)11-21-15-10-9-14(20-4-2)16(18)17(15)19/h3,12-17H,1,4-11H2,2H3. The molecule has 2 fully saturated rings. The molecule has 0 radical (unpaired) electrons. The second-order valence-corrected chi connectivity index (χ2v) is 6.35. The Kier molecular flexibility index (Phi) is 6.62. The summed E-state index contributed by atoms with van der Waals surface area (Å²) in [5, 5.41) is 0. The average molecular weight is 302 g/mol. The van der Waals surface area contributed by atoms with Gasteiger partial charge in [-0.2, -0.15) is 0 Å². The summed E-state index contributed by atoms with van der Waals surface area (Å²) in [6, 6.07) is 0. The third-order valence-electron chi connectivity index (χ3n) is 4.90. The van der Waals surface area contributed by atoms with Crippen LogP contribution in [0.4, 0.5) is 8.78 Å². The number of allylic oxidation sites excluding steroid dienone is 1. The third kappa shape index (κ3) is 4.49. The predicted octanol–water partition coefficient (Wildman–Crippen LogP) is 4.24. The van der Waals surface area contributed by atoms with Crippen molar-refractivity contribution >= 4 is 0 Å². The molecule has 2 rings (SSSR count). The van der Waals surface area contributed by atoms with Crippen molar-refractivity contribution in [2.75, 3.05) is 13.2 Å². The fourth-order valence-electron chi connectivity index (χ4n) is 3.47. The molecular weight excluding hydrogens is 274 g/mol. The maximum absolute atomic E-state index is 14.1. The molecule has 2 aliphatic carbocycles. The van der Waals surface area contributed by atoms with Crippen molar-refractivity contribution in [2.24, 2.45) is 11.8 Å². The Hall–Kier alpha value is -0.480. The first-order valence-corrected chi connectivity index (χ1v) is 8.29. The Morgan fingerprint density at radius 1 is 0.952 bits per heavy atom. The van der Waals surface area contributed by atoms with Crippen molar-refractivity contribution in [3.63, 3.8) is 0 Å². The van der Waals surface area contributed by atoms with Crippen LogP contribution in [0.5, 0.6) is 0 Å². The van der Waals surface area contributed by atoms with Crippen molar-refractivity contribution in [2.45, 2.75) is 70.0 Å². The maximum Gasteiger partial charge on any atom is 0.160 e. The van der Waals surface area contributed by atoms with Crippen LogP contribution in [0, 0.1) is 11.8 Å². The summed E-state index contributed by atoms with van der Waals surface area (Å²) in [6.07, 6.45) is 3.28. The molecule has 0 spiro atoms. The highest BCUT2D eigenvalue weighted by Gasteiger charge is 2.41. The van der Waals surface area contributed by atoms with Gasteiger partial charge >= 0.3 is 0 Å². The fraction of sp³-hybridized carbons (Fsp3) is 0.882. The number of alkyl halides is 2. The van der Waals surface area contributed by atoms with E-state index in [9.17, 15) is 8.78 Å². The molecule has 0 amide bonds. The van der Waals surface area contributed by atoms with Crippen molar-refractivity contribution in [1.82, 2.24) is 0 Å². The molecule has 0 bridgehead atoms. The lowest BCUT2D eigenvalue weighted by atomic mass is 9.82. The number of halogens is 2. The molecule has 21 heavy (non-hydrogen) atoms. The first-order chi connectivity index (χ1) is 10.2. The SMILES string of the molecule is C=CC1CCC(COC2CCC(OCC)C(F)C2F)CC1. The van der Waals surface area contributed by atoms with Crippen LogP contribution in [-0.2, 0) is 9.47 Å². The second kappa shape index (κ2) is 8.23. The Balaban J connectivity index is 1.73. The van der Waals surface area contributed by atoms with E-state index in [0.29, 0.717) is 37.9 Å². The molecule has 0 N–H and O–H groups in total. The van der Waals surface area contributed by atoms with E-state index in [2.05, 4.69) is 6.58 Å². The van der Waals surface area contributed by atoms with Gasteiger partial charge in [0.1, 0.15) is 0 Å². The van der Waals surface area contributed by atoms with Crippen LogP contribution in [0.15, 0.2) is 12.7 Å². The van der Waals surface area contributed by atoms with Crippen molar-refractivity contribution in [3.05, 3.63) is 12.7 Å². The molecule has 4 unspecified atom stereocenters. The van der Waals surface area contributed by atoms with E-state index in [1.165, 1.54) is 0 Å². The molecule has 122 valence electrons. The summed E-state index contributed by atoms with van der Waals surface area (Å²) in [5.41, 5.74) is 0. The highest BCUT2D eigenvalue weighted by Crippen LogP contribution is 2.32. The van der Waals surface area contributed by atoms with Crippen LogP contribution in [0.3, 0.4) is 0 Å². The minimum atomic E-state index is -1.56. The zero-order valence-electron chi connectivity index (χ0n) is 13.0. The summed E-state index contributed by atoms with van der Waals surface area (Å²) in [6.45, 7) is 6.63. The Bertz CT molecular complexity index is 316. The Morgan fingerprint density at radius 3 is 2.05 bits per heavy atom. The van der Waals surface area contributed by atoms with E-state index in [1.807, 2.05) is 13.0 Å². The van der Waals surface area contributed by atoms with Gasteiger partial charge in [0.2, 0.25) is 0 Å². The second-order valence-electron chi connectivity index (χ2n) is 6.35. The molecule has 0 saturated heterocycles. The van der Waals surface area contributed by atoms with Gasteiger partial charge in [0.05, 0.1) is 12.2 Å². The lowest BCUT2D eigenvalue weighted by molar-refractivity contribution is -0.121. The molecule has 0 heterocycles. The van der Waals surface area contributed by atoms with Crippen LogP contribution in [0.2, 0.25) is 0 Å². The molecule has 0 aromatic rings. The summed E-state index contributed by atoms with van der Waals surface area (Å²) in [5.74, 6) is 1.10. The van der Waals surface area contributed by atoms with E-state index in [4.69, 9.17) is 9.47 Å². The summed E-state index contributed by atoms with van der Waals surface area (Å²) in [4.78, 5) is 0. The van der Waals surface area contributed by atoms with Crippen LogP contribution >= 0.6 is 0 Å². The van der Waals surface area contributed by atoms with E-state index < -0.39 is 24.6 Å². The minimum absolute atomic E-state index is 0.426. The van der Waals surface area contributed by atoms with Gasteiger partial charge in [-0.25, -0.2) is 8.78 Å². The topological polar surface area (TPSA) is 18.5 Å². The molecular formula is C17H28F2O2. The van der Waals surface area contributed by atoms with E-state index >= 15 is 0 Å². The lowest BCUT2D eigenvalue weighted by Crippen LogP contribution is -2.47. The molecule has 2 saturated carbocycles. The van der Waals surface area contributed by atoms with E-state index in [-0.39, 0.29) is 0 Å². The van der Waals surface area contributed by atoms with Gasteiger partial charge in [0.25, 0.3) is 0 Å². The quantitative estimate of drug-likeness (QED) is 0.683. The molecule has 0 aliphatic heterocycles. The maximum atomic E-state index is 14.1. The average Bonchev–Trinajstić information content (AvgIpc) is 2.52. The molecule has 0 aromatic carbocycles. The first kappa shape index (κ1) is 16.9. The fourth-order valence-corrected chi connectivity index (χ4v) is 3.47. The van der Waals surface area contributed by atoms with Gasteiger partial charge in [-0.05, 0) is 57.3 Å². The summed E-state index contributed by atoms with van der Waals surface area (Å²) in [7, 11) is 0. The van der Waals surface area contributed by atoms with Crippen LogP contribution in [0.1, 0.15) is 45.4 Å². The summed E-state index contributed by atoms with van der Waals surface area (Å²) < 4.78 is 39.0. The Morgan fingerprint density at radius 2 is 1.52 bits per heavy atom. The predicted molar refractivity (Wildman–Crippen MR) is 79.8 cm³/mol. The Labute approximate surface area is 126 Å². The molecule has 2 aliphatic rings. The monoisotopic (exact) mass is 302 g/mol. The van der Waals surface area contributed by atoms with Crippen molar-refractivity contribution < 1.29 is 18.3 Å². The normalized spacial score (nSPS) is 40.9.